The molecule has 44 heavy (non-hydrogen) atoms. The molecule has 8 atom stereocenters. The van der Waals surface area contributed by atoms with E-state index in [0.717, 1.165) is 43.5 Å². The Bertz CT molecular complexity index is 1360. The number of hydrogen-bond donors (Lipinski definition) is 2. The van der Waals surface area contributed by atoms with Gasteiger partial charge in [0.05, 0.1) is 37.5 Å². The van der Waals surface area contributed by atoms with Crippen molar-refractivity contribution >= 4 is 11.9 Å². The van der Waals surface area contributed by atoms with E-state index in [1.807, 2.05) is 45.3 Å². The predicted molar refractivity (Wildman–Crippen MR) is 167 cm³/mol. The van der Waals surface area contributed by atoms with Crippen molar-refractivity contribution in [1.82, 2.24) is 14.7 Å². The summed E-state index contributed by atoms with van der Waals surface area (Å²) in [7, 11) is 1.96. The summed E-state index contributed by atoms with van der Waals surface area (Å²) < 4.78 is 11.3. The third-order valence-corrected chi connectivity index (χ3v) is 11.5. The fourth-order valence-electron chi connectivity index (χ4n) is 8.82. The molecule has 4 heterocycles. The summed E-state index contributed by atoms with van der Waals surface area (Å²) in [5.41, 5.74) is 1.49. The number of rotatable bonds is 6. The van der Waals surface area contributed by atoms with Gasteiger partial charge in [-0.25, -0.2) is 4.79 Å². The molecule has 2 saturated carbocycles. The van der Waals surface area contributed by atoms with Crippen molar-refractivity contribution < 1.29 is 29.3 Å². The molecule has 0 radical (unpaired) electrons. The van der Waals surface area contributed by atoms with Crippen LogP contribution < -0.4 is 0 Å². The Morgan fingerprint density at radius 2 is 1.95 bits per heavy atom. The lowest BCUT2D eigenvalue weighted by Crippen LogP contribution is -2.61. The number of esters is 1. The summed E-state index contributed by atoms with van der Waals surface area (Å²) >= 11 is 0. The Morgan fingerprint density at radius 1 is 1.20 bits per heavy atom. The number of likely N-dealkylation sites (N-methyl/N-ethyl adjacent to an activating group) is 1. The van der Waals surface area contributed by atoms with E-state index >= 15 is 0 Å². The molecule has 2 aliphatic carbocycles. The molecule has 6 rings (SSSR count). The van der Waals surface area contributed by atoms with Crippen molar-refractivity contribution in [2.75, 3.05) is 40.0 Å². The van der Waals surface area contributed by atoms with Gasteiger partial charge in [0, 0.05) is 36.7 Å². The molecule has 4 aliphatic heterocycles. The van der Waals surface area contributed by atoms with Crippen molar-refractivity contribution in [3.63, 3.8) is 0 Å². The molecule has 5 unspecified atom stereocenters. The molecular formula is C35H47N3O6. The van der Waals surface area contributed by atoms with Crippen LogP contribution in [0.2, 0.25) is 0 Å². The topological polar surface area (TPSA) is 103 Å². The zero-order chi connectivity index (χ0) is 31.4. The zero-order valence-corrected chi connectivity index (χ0v) is 26.4. The van der Waals surface area contributed by atoms with Gasteiger partial charge in [-0.3, -0.25) is 19.5 Å². The Labute approximate surface area is 260 Å². The number of cyclic esters (lactones) is 1. The van der Waals surface area contributed by atoms with Crippen LogP contribution >= 0.6 is 0 Å². The lowest BCUT2D eigenvalue weighted by Gasteiger charge is -2.62. The second kappa shape index (κ2) is 11.8. The Hall–Kier alpha value is -2.82. The summed E-state index contributed by atoms with van der Waals surface area (Å²) in [6.45, 7) is 13.8. The molecule has 9 heteroatoms. The highest BCUT2D eigenvalue weighted by molar-refractivity contribution is 5.95. The van der Waals surface area contributed by atoms with Crippen molar-refractivity contribution in [3.8, 4) is 0 Å². The van der Waals surface area contributed by atoms with Gasteiger partial charge in [0.2, 0.25) is 5.91 Å². The van der Waals surface area contributed by atoms with Crippen molar-refractivity contribution in [2.45, 2.75) is 70.8 Å². The fourth-order valence-corrected chi connectivity index (χ4v) is 8.82. The quantitative estimate of drug-likeness (QED) is 0.352. The van der Waals surface area contributed by atoms with Crippen molar-refractivity contribution in [3.05, 3.63) is 71.7 Å². The number of carbonyl (C=O) groups is 2. The molecule has 6 aliphatic rings. The standard InChI is InChI=1S/C35H47N3O6/c1-6-27-32(41)38-20-23(7-10-31(38)36(27)5)17-25-18-24(33(42)44-25)8-9-26-22(2)28(37-13-15-43-16-14-37)19-29-34(26,3)12-11-30(40)35(29,4)21-39/h7-10,17-18,20,26-31,39-40H,2,6,11-16,19,21H2,1,3-5H3/b9-8+,25-17+/t26?,27?,28?,29?,30-,31?,34-,35+/m1/s1. The van der Waals surface area contributed by atoms with E-state index in [2.05, 4.69) is 29.4 Å². The summed E-state index contributed by atoms with van der Waals surface area (Å²) in [5, 5.41) is 21.7. The van der Waals surface area contributed by atoms with Crippen LogP contribution in [-0.2, 0) is 19.1 Å². The highest BCUT2D eigenvalue weighted by atomic mass is 16.5. The maximum atomic E-state index is 13.0. The predicted octanol–water partition coefficient (Wildman–Crippen LogP) is 3.29. The maximum Gasteiger partial charge on any atom is 0.343 e. The van der Waals surface area contributed by atoms with Crippen LogP contribution in [0.25, 0.3) is 0 Å². The molecule has 9 nitrogen and oxygen atoms in total. The Kier molecular flexibility index (Phi) is 8.39. The van der Waals surface area contributed by atoms with Gasteiger partial charge in [-0.1, -0.05) is 51.2 Å². The van der Waals surface area contributed by atoms with E-state index in [4.69, 9.17) is 9.47 Å². The first kappa shape index (κ1) is 31.2. The number of carbonyl (C=O) groups excluding carboxylic acids is 2. The monoisotopic (exact) mass is 605 g/mol. The number of amides is 1. The Morgan fingerprint density at radius 3 is 2.66 bits per heavy atom. The summed E-state index contributed by atoms with van der Waals surface area (Å²) in [6, 6.07) is -0.0494. The highest BCUT2D eigenvalue weighted by Crippen LogP contribution is 2.62. The average Bonchev–Trinajstić information content (AvgIpc) is 3.49. The minimum Gasteiger partial charge on any atom is -0.423 e. The number of morpholine rings is 1. The molecule has 0 spiro atoms. The number of fused-ring (bicyclic) bond motifs is 2. The highest BCUT2D eigenvalue weighted by Gasteiger charge is 2.59. The normalized spacial score (nSPS) is 40.8. The van der Waals surface area contributed by atoms with Gasteiger partial charge in [-0.05, 0) is 67.9 Å². The van der Waals surface area contributed by atoms with Gasteiger partial charge in [-0.2, -0.15) is 0 Å². The number of aliphatic hydroxyl groups is 2. The first-order chi connectivity index (χ1) is 21.0. The van der Waals surface area contributed by atoms with Crippen LogP contribution in [0.4, 0.5) is 0 Å². The third-order valence-electron chi connectivity index (χ3n) is 11.5. The lowest BCUT2D eigenvalue weighted by molar-refractivity contribution is -0.156. The van der Waals surface area contributed by atoms with Crippen LogP contribution in [0, 0.1) is 22.7 Å². The number of ether oxygens (including phenoxy) is 2. The van der Waals surface area contributed by atoms with Crippen LogP contribution in [0.3, 0.4) is 0 Å². The van der Waals surface area contributed by atoms with Crippen LogP contribution in [-0.4, -0.2) is 101 Å². The molecule has 2 N–H and O–H groups in total. The van der Waals surface area contributed by atoms with E-state index in [1.54, 1.807) is 17.1 Å². The lowest BCUT2D eigenvalue weighted by atomic mass is 9.45. The van der Waals surface area contributed by atoms with E-state index in [1.165, 1.54) is 0 Å². The van der Waals surface area contributed by atoms with E-state index in [9.17, 15) is 19.8 Å². The molecule has 4 fully saturated rings. The fraction of sp³-hybridized carbons (Fsp3) is 0.600. The van der Waals surface area contributed by atoms with Crippen molar-refractivity contribution in [1.29, 1.82) is 0 Å². The van der Waals surface area contributed by atoms with Gasteiger partial charge in [0.25, 0.3) is 0 Å². The first-order valence-corrected chi connectivity index (χ1v) is 16.1. The van der Waals surface area contributed by atoms with Crippen LogP contribution in [0.5, 0.6) is 0 Å². The van der Waals surface area contributed by atoms with Crippen molar-refractivity contribution in [2.24, 2.45) is 22.7 Å². The number of hydrogen-bond acceptors (Lipinski definition) is 8. The maximum absolute atomic E-state index is 13.0. The van der Waals surface area contributed by atoms with Gasteiger partial charge in [-0.15, -0.1) is 0 Å². The molecule has 2 saturated heterocycles. The summed E-state index contributed by atoms with van der Waals surface area (Å²) in [6.07, 6.45) is 15.6. The number of aliphatic hydroxyl groups excluding tert-OH is 2. The minimum absolute atomic E-state index is 0.0557. The molecular weight excluding hydrogens is 558 g/mol. The minimum atomic E-state index is -0.630. The van der Waals surface area contributed by atoms with Crippen LogP contribution in [0.15, 0.2) is 71.7 Å². The van der Waals surface area contributed by atoms with Crippen LogP contribution in [0.1, 0.15) is 46.5 Å². The summed E-state index contributed by atoms with van der Waals surface area (Å²) in [5.74, 6) is 0.0959. The largest absolute Gasteiger partial charge is 0.423 e. The zero-order valence-electron chi connectivity index (χ0n) is 26.4. The smallest absolute Gasteiger partial charge is 0.343 e. The van der Waals surface area contributed by atoms with E-state index < -0.39 is 17.5 Å². The molecule has 0 aromatic heterocycles. The third kappa shape index (κ3) is 5.07. The molecule has 238 valence electrons. The molecule has 0 bridgehead atoms. The second-order valence-corrected chi connectivity index (χ2v) is 13.9. The summed E-state index contributed by atoms with van der Waals surface area (Å²) in [4.78, 5) is 32.1. The van der Waals surface area contributed by atoms with Gasteiger partial charge in [0.1, 0.15) is 11.9 Å². The first-order valence-electron chi connectivity index (χ1n) is 16.1. The molecule has 0 aromatic carbocycles. The number of allylic oxidation sites excluding steroid dienone is 5. The van der Waals surface area contributed by atoms with Gasteiger partial charge >= 0.3 is 5.97 Å². The van der Waals surface area contributed by atoms with E-state index in [-0.39, 0.29) is 48.0 Å². The SMILES string of the molecule is C=C1C(N2CCOCC2)CC2[C@](C)(CC[C@@H](O)[C@@]2(C)CO)C1/C=C/C1=CC(=C\C2=CN3C(=O)C(CC)N(C)C3C=C2)/OC1=O. The molecule has 0 aromatic rings. The Balaban J connectivity index is 1.27. The van der Waals surface area contributed by atoms with E-state index in [0.29, 0.717) is 31.0 Å². The second-order valence-electron chi connectivity index (χ2n) is 13.9. The number of nitrogens with zero attached hydrogens (tertiary/aromatic N) is 3. The average molecular weight is 606 g/mol. The van der Waals surface area contributed by atoms with Gasteiger partial charge < -0.3 is 19.7 Å². The van der Waals surface area contributed by atoms with Gasteiger partial charge in [0.15, 0.2) is 0 Å². The molecule has 1 amide bonds.